The highest BCUT2D eigenvalue weighted by molar-refractivity contribution is 7.99. The summed E-state index contributed by atoms with van der Waals surface area (Å²) in [5, 5.41) is 2.55. The topological polar surface area (TPSA) is 61.2 Å². The van der Waals surface area contributed by atoms with E-state index in [0.29, 0.717) is 29.3 Å². The van der Waals surface area contributed by atoms with Gasteiger partial charge in [-0.15, -0.1) is 11.3 Å². The summed E-state index contributed by atoms with van der Waals surface area (Å²) < 4.78 is 7.11. The normalized spacial score (nSPS) is 10.9. The molecule has 0 saturated heterocycles. The van der Waals surface area contributed by atoms with Crippen molar-refractivity contribution in [1.82, 2.24) is 9.55 Å². The minimum atomic E-state index is -0.178. The lowest BCUT2D eigenvalue weighted by molar-refractivity contribution is -0.143. The summed E-state index contributed by atoms with van der Waals surface area (Å²) >= 11 is 2.90. The molecule has 108 valence electrons. The van der Waals surface area contributed by atoms with E-state index in [2.05, 4.69) is 4.98 Å². The van der Waals surface area contributed by atoms with Crippen LogP contribution >= 0.6 is 23.1 Å². The fourth-order valence-electron chi connectivity index (χ4n) is 1.71. The van der Waals surface area contributed by atoms with Gasteiger partial charge in [0, 0.05) is 19.2 Å². The van der Waals surface area contributed by atoms with E-state index >= 15 is 0 Å². The lowest BCUT2D eigenvalue weighted by Gasteiger charge is -2.06. The molecule has 0 unspecified atom stereocenters. The molecule has 7 heteroatoms. The number of thiophene rings is 1. The van der Waals surface area contributed by atoms with Crippen LogP contribution in [0.1, 0.15) is 19.8 Å². The smallest absolute Gasteiger partial charge is 0.305 e. The van der Waals surface area contributed by atoms with Crippen LogP contribution in [0.25, 0.3) is 10.2 Å². The molecule has 2 aromatic heterocycles. The van der Waals surface area contributed by atoms with Crippen LogP contribution in [0.5, 0.6) is 0 Å². The second-order valence-electron chi connectivity index (χ2n) is 4.15. The first-order valence-electron chi connectivity index (χ1n) is 6.36. The van der Waals surface area contributed by atoms with Gasteiger partial charge in [0.05, 0.1) is 12.1 Å². The maximum atomic E-state index is 12.1. The highest BCUT2D eigenvalue weighted by Crippen LogP contribution is 2.20. The second kappa shape index (κ2) is 6.90. The van der Waals surface area contributed by atoms with Gasteiger partial charge in [-0.05, 0) is 24.8 Å². The summed E-state index contributed by atoms with van der Waals surface area (Å²) in [5.41, 5.74) is 0.726. The molecule has 0 aromatic carbocycles. The Hall–Kier alpha value is -1.34. The summed E-state index contributed by atoms with van der Waals surface area (Å²) in [6, 6.07) is 1.85. The molecule has 0 aliphatic heterocycles. The third-order valence-corrected chi connectivity index (χ3v) is 4.72. The first-order valence-corrected chi connectivity index (χ1v) is 8.22. The number of nitrogens with zero attached hydrogens (tertiary/aromatic N) is 2. The molecule has 5 nitrogen and oxygen atoms in total. The Morgan fingerprint density at radius 2 is 2.35 bits per heavy atom. The number of hydrogen-bond donors (Lipinski definition) is 0. The molecule has 0 atom stereocenters. The third-order valence-electron chi connectivity index (χ3n) is 2.71. The first-order chi connectivity index (χ1) is 9.63. The van der Waals surface area contributed by atoms with Crippen molar-refractivity contribution in [2.45, 2.75) is 24.9 Å². The zero-order valence-corrected chi connectivity index (χ0v) is 13.1. The molecule has 2 heterocycles. The number of aromatic nitrogens is 2. The zero-order chi connectivity index (χ0) is 14.5. The van der Waals surface area contributed by atoms with Crippen LogP contribution in [-0.2, 0) is 16.6 Å². The molecule has 0 saturated carbocycles. The molecule has 0 amide bonds. The SMILES string of the molecule is CCOC(=O)CCCSc1nc2ccsc2c(=O)n1C. The number of carbonyl (C=O) groups excluding carboxylic acids is 1. The largest absolute Gasteiger partial charge is 0.466 e. The zero-order valence-electron chi connectivity index (χ0n) is 11.4. The van der Waals surface area contributed by atoms with E-state index in [9.17, 15) is 9.59 Å². The lowest BCUT2D eigenvalue weighted by Crippen LogP contribution is -2.19. The van der Waals surface area contributed by atoms with Crippen molar-refractivity contribution in [3.8, 4) is 0 Å². The van der Waals surface area contributed by atoms with Gasteiger partial charge in [0.2, 0.25) is 0 Å². The minimum absolute atomic E-state index is 0.0158. The quantitative estimate of drug-likeness (QED) is 0.355. The predicted octanol–water partition coefficient (Wildman–Crippen LogP) is 2.43. The number of esters is 1. The molecule has 2 aromatic rings. The second-order valence-corrected chi connectivity index (χ2v) is 6.13. The van der Waals surface area contributed by atoms with Gasteiger partial charge in [0.1, 0.15) is 4.70 Å². The molecule has 2 rings (SSSR count). The van der Waals surface area contributed by atoms with Crippen molar-refractivity contribution in [2.75, 3.05) is 12.4 Å². The Labute approximate surface area is 125 Å². The van der Waals surface area contributed by atoms with Crippen molar-refractivity contribution in [3.63, 3.8) is 0 Å². The van der Waals surface area contributed by atoms with Crippen LogP contribution in [0.2, 0.25) is 0 Å². The number of carbonyl (C=O) groups is 1. The molecular formula is C13H16N2O3S2. The van der Waals surface area contributed by atoms with Crippen molar-refractivity contribution in [1.29, 1.82) is 0 Å². The highest BCUT2D eigenvalue weighted by Gasteiger charge is 2.10. The van der Waals surface area contributed by atoms with Crippen LogP contribution in [0, 0.1) is 0 Å². The minimum Gasteiger partial charge on any atom is -0.466 e. The third kappa shape index (κ3) is 3.40. The van der Waals surface area contributed by atoms with Crippen LogP contribution < -0.4 is 5.56 Å². The fourth-order valence-corrected chi connectivity index (χ4v) is 3.43. The Morgan fingerprint density at radius 3 is 3.10 bits per heavy atom. The van der Waals surface area contributed by atoms with Gasteiger partial charge in [0.25, 0.3) is 5.56 Å². The van der Waals surface area contributed by atoms with E-state index in [1.54, 1.807) is 18.5 Å². The number of hydrogen-bond acceptors (Lipinski definition) is 6. The first kappa shape index (κ1) is 15.1. The van der Waals surface area contributed by atoms with Crippen LogP contribution in [0.15, 0.2) is 21.4 Å². The van der Waals surface area contributed by atoms with E-state index in [1.807, 2.05) is 11.4 Å². The maximum Gasteiger partial charge on any atom is 0.305 e. The predicted molar refractivity (Wildman–Crippen MR) is 81.5 cm³/mol. The molecular weight excluding hydrogens is 296 g/mol. The van der Waals surface area contributed by atoms with Gasteiger partial charge in [0.15, 0.2) is 5.16 Å². The van der Waals surface area contributed by atoms with Gasteiger partial charge in [-0.3, -0.25) is 14.2 Å². The standard InChI is InChI=1S/C13H16N2O3S2/c1-3-18-10(16)5-4-7-20-13-14-9-6-8-19-11(9)12(17)15(13)2/h6,8H,3-5,7H2,1-2H3. The molecule has 20 heavy (non-hydrogen) atoms. The average molecular weight is 312 g/mol. The van der Waals surface area contributed by atoms with E-state index < -0.39 is 0 Å². The van der Waals surface area contributed by atoms with Crippen molar-refractivity contribution in [2.24, 2.45) is 7.05 Å². The van der Waals surface area contributed by atoms with Crippen LogP contribution in [0.4, 0.5) is 0 Å². The molecule has 0 aliphatic rings. The summed E-state index contributed by atoms with van der Waals surface area (Å²) in [6.07, 6.45) is 1.11. The summed E-state index contributed by atoms with van der Waals surface area (Å²) in [4.78, 5) is 27.8. The molecule has 0 radical (unpaired) electrons. The molecule has 0 spiro atoms. The number of ether oxygens (including phenoxy) is 1. The maximum absolute atomic E-state index is 12.1. The van der Waals surface area contributed by atoms with E-state index in [4.69, 9.17) is 4.74 Å². The average Bonchev–Trinajstić information content (AvgIpc) is 2.88. The van der Waals surface area contributed by atoms with E-state index in [-0.39, 0.29) is 11.5 Å². The summed E-state index contributed by atoms with van der Waals surface area (Å²) in [5.74, 6) is 0.553. The van der Waals surface area contributed by atoms with Crippen molar-refractivity contribution < 1.29 is 9.53 Å². The Kier molecular flexibility index (Phi) is 5.19. The summed E-state index contributed by atoms with van der Waals surface area (Å²) in [7, 11) is 1.72. The number of fused-ring (bicyclic) bond motifs is 1. The molecule has 0 aliphatic carbocycles. The van der Waals surface area contributed by atoms with E-state index in [1.165, 1.54) is 23.1 Å². The summed E-state index contributed by atoms with van der Waals surface area (Å²) in [6.45, 7) is 2.21. The number of thioether (sulfide) groups is 1. The highest BCUT2D eigenvalue weighted by atomic mass is 32.2. The van der Waals surface area contributed by atoms with Crippen molar-refractivity contribution >= 4 is 39.3 Å². The Balaban J connectivity index is 1.98. The van der Waals surface area contributed by atoms with Crippen LogP contribution in [-0.4, -0.2) is 27.9 Å². The molecule has 0 fully saturated rings. The Bertz CT molecular complexity index is 663. The van der Waals surface area contributed by atoms with Crippen LogP contribution in [0.3, 0.4) is 0 Å². The van der Waals surface area contributed by atoms with Crippen molar-refractivity contribution in [3.05, 3.63) is 21.8 Å². The fraction of sp³-hybridized carbons (Fsp3) is 0.462. The van der Waals surface area contributed by atoms with Gasteiger partial charge >= 0.3 is 5.97 Å². The van der Waals surface area contributed by atoms with Gasteiger partial charge in [-0.2, -0.15) is 0 Å². The Morgan fingerprint density at radius 1 is 1.55 bits per heavy atom. The van der Waals surface area contributed by atoms with Gasteiger partial charge < -0.3 is 4.74 Å². The molecule has 0 N–H and O–H groups in total. The molecule has 0 bridgehead atoms. The van der Waals surface area contributed by atoms with E-state index in [0.717, 1.165) is 11.3 Å². The lowest BCUT2D eigenvalue weighted by atomic mass is 10.3. The number of rotatable bonds is 6. The van der Waals surface area contributed by atoms with Gasteiger partial charge in [-0.1, -0.05) is 11.8 Å². The van der Waals surface area contributed by atoms with Gasteiger partial charge in [-0.25, -0.2) is 4.98 Å². The monoisotopic (exact) mass is 312 g/mol.